The second-order valence-corrected chi connectivity index (χ2v) is 3.09. The largest absolute Gasteiger partial charge is 0.329 e. The molecule has 0 saturated carbocycles. The Labute approximate surface area is 76.3 Å². The predicted molar refractivity (Wildman–Crippen MR) is 54.3 cm³/mol. The van der Waals surface area contributed by atoms with Crippen LogP contribution in [0.1, 0.15) is 19.8 Å². The number of nitrogens with one attached hydrogen (secondary N) is 1. The summed E-state index contributed by atoms with van der Waals surface area (Å²) in [6.45, 7) is 7.39. The van der Waals surface area contributed by atoms with Crippen molar-refractivity contribution in [3.8, 4) is 0 Å². The van der Waals surface area contributed by atoms with Gasteiger partial charge in [-0.05, 0) is 20.0 Å². The van der Waals surface area contributed by atoms with Crippen LogP contribution < -0.4 is 11.1 Å². The molecule has 3 nitrogen and oxygen atoms in total. The molecule has 0 rings (SSSR count). The number of nitrogens with zero attached hydrogens (tertiary/aromatic N) is 1. The summed E-state index contributed by atoms with van der Waals surface area (Å²) in [4.78, 5) is 2.42. The molecule has 0 aliphatic carbocycles. The molecule has 0 aromatic carbocycles. The van der Waals surface area contributed by atoms with Crippen molar-refractivity contribution in [3.63, 3.8) is 0 Å². The van der Waals surface area contributed by atoms with E-state index in [-0.39, 0.29) is 0 Å². The van der Waals surface area contributed by atoms with Gasteiger partial charge in [0.25, 0.3) is 0 Å². The monoisotopic (exact) mass is 173 g/mol. The molecule has 0 radical (unpaired) electrons. The molecular weight excluding hydrogens is 150 g/mol. The molecule has 0 bridgehead atoms. The molecular formula is C9H23N3. The lowest BCUT2D eigenvalue weighted by molar-refractivity contribution is 0.278. The Bertz CT molecular complexity index is 77.8. The number of hydrogen-bond acceptors (Lipinski definition) is 3. The number of nitrogens with two attached hydrogens (primary N) is 1. The first-order valence-electron chi connectivity index (χ1n) is 4.92. The van der Waals surface area contributed by atoms with Gasteiger partial charge >= 0.3 is 0 Å². The zero-order valence-electron chi connectivity index (χ0n) is 8.47. The SMILES string of the molecule is CCCCN(CCN)CCNC. The Balaban J connectivity index is 3.40. The molecule has 3 N–H and O–H groups in total. The molecule has 0 unspecified atom stereocenters. The van der Waals surface area contributed by atoms with Gasteiger partial charge in [0, 0.05) is 26.2 Å². The minimum Gasteiger partial charge on any atom is -0.329 e. The standard InChI is InChI=1S/C9H23N3/c1-3-4-7-12(8-5-10)9-6-11-2/h11H,3-10H2,1-2H3. The first kappa shape index (κ1) is 11.9. The van der Waals surface area contributed by atoms with E-state index in [1.54, 1.807) is 0 Å². The van der Waals surface area contributed by atoms with Crippen LogP contribution in [0.15, 0.2) is 0 Å². The molecule has 0 heterocycles. The lowest BCUT2D eigenvalue weighted by Crippen LogP contribution is -2.35. The van der Waals surface area contributed by atoms with Crippen LogP contribution in [0.4, 0.5) is 0 Å². The zero-order chi connectivity index (χ0) is 9.23. The van der Waals surface area contributed by atoms with Gasteiger partial charge in [0.05, 0.1) is 0 Å². The molecule has 0 aliphatic heterocycles. The third kappa shape index (κ3) is 6.58. The van der Waals surface area contributed by atoms with Gasteiger partial charge in [-0.2, -0.15) is 0 Å². The van der Waals surface area contributed by atoms with Crippen LogP contribution in [-0.2, 0) is 0 Å². The van der Waals surface area contributed by atoms with Crippen molar-refractivity contribution in [2.45, 2.75) is 19.8 Å². The van der Waals surface area contributed by atoms with Crippen molar-refractivity contribution in [3.05, 3.63) is 0 Å². The summed E-state index contributed by atoms with van der Waals surface area (Å²) in [6, 6.07) is 0. The Hall–Kier alpha value is -0.120. The molecule has 0 fully saturated rings. The highest BCUT2D eigenvalue weighted by Crippen LogP contribution is 1.92. The number of likely N-dealkylation sites (N-methyl/N-ethyl adjacent to an activating group) is 1. The molecule has 74 valence electrons. The summed E-state index contributed by atoms with van der Waals surface area (Å²) in [5.41, 5.74) is 5.51. The molecule has 0 saturated heterocycles. The quantitative estimate of drug-likeness (QED) is 0.553. The molecule has 12 heavy (non-hydrogen) atoms. The summed E-state index contributed by atoms with van der Waals surface area (Å²) in [5, 5.41) is 3.15. The lowest BCUT2D eigenvalue weighted by atomic mass is 10.3. The van der Waals surface area contributed by atoms with Crippen molar-refractivity contribution < 1.29 is 0 Å². The second kappa shape index (κ2) is 8.97. The van der Waals surface area contributed by atoms with E-state index in [0.29, 0.717) is 0 Å². The zero-order valence-corrected chi connectivity index (χ0v) is 8.47. The maximum atomic E-state index is 5.51. The van der Waals surface area contributed by atoms with Crippen LogP contribution in [-0.4, -0.2) is 44.7 Å². The molecule has 0 aromatic heterocycles. The normalized spacial score (nSPS) is 11.0. The third-order valence-corrected chi connectivity index (χ3v) is 1.95. The molecule has 0 atom stereocenters. The number of hydrogen-bond donors (Lipinski definition) is 2. The van der Waals surface area contributed by atoms with E-state index in [1.165, 1.54) is 19.4 Å². The van der Waals surface area contributed by atoms with E-state index in [2.05, 4.69) is 17.1 Å². The van der Waals surface area contributed by atoms with Gasteiger partial charge in [-0.3, -0.25) is 0 Å². The predicted octanol–water partition coefficient (Wildman–Crippen LogP) is 0.267. The molecule has 0 aliphatic rings. The highest BCUT2D eigenvalue weighted by Gasteiger charge is 2.00. The van der Waals surface area contributed by atoms with E-state index in [0.717, 1.165) is 26.2 Å². The smallest absolute Gasteiger partial charge is 0.0107 e. The van der Waals surface area contributed by atoms with Crippen molar-refractivity contribution in [1.82, 2.24) is 10.2 Å². The molecule has 0 spiro atoms. The second-order valence-electron chi connectivity index (χ2n) is 3.09. The molecule has 0 aromatic rings. The number of rotatable bonds is 8. The maximum Gasteiger partial charge on any atom is 0.0107 e. The van der Waals surface area contributed by atoms with Gasteiger partial charge < -0.3 is 16.0 Å². The Morgan fingerprint density at radius 2 is 2.00 bits per heavy atom. The lowest BCUT2D eigenvalue weighted by Gasteiger charge is -2.20. The van der Waals surface area contributed by atoms with Crippen LogP contribution in [0, 0.1) is 0 Å². The van der Waals surface area contributed by atoms with Crippen molar-refractivity contribution in [2.24, 2.45) is 5.73 Å². The first-order valence-corrected chi connectivity index (χ1v) is 4.92. The van der Waals surface area contributed by atoms with Crippen LogP contribution in [0.5, 0.6) is 0 Å². The van der Waals surface area contributed by atoms with E-state index in [1.807, 2.05) is 7.05 Å². The van der Waals surface area contributed by atoms with E-state index < -0.39 is 0 Å². The average Bonchev–Trinajstić information content (AvgIpc) is 2.10. The van der Waals surface area contributed by atoms with E-state index >= 15 is 0 Å². The number of unbranched alkanes of at least 4 members (excludes halogenated alkanes) is 1. The van der Waals surface area contributed by atoms with Gasteiger partial charge in [0.15, 0.2) is 0 Å². The van der Waals surface area contributed by atoms with Gasteiger partial charge in [0.1, 0.15) is 0 Å². The summed E-state index contributed by atoms with van der Waals surface area (Å²) in [7, 11) is 1.99. The average molecular weight is 173 g/mol. The fraction of sp³-hybridized carbons (Fsp3) is 1.00. The minimum absolute atomic E-state index is 0.771. The summed E-state index contributed by atoms with van der Waals surface area (Å²) in [6.07, 6.45) is 2.55. The van der Waals surface area contributed by atoms with Crippen LogP contribution in [0.3, 0.4) is 0 Å². The highest BCUT2D eigenvalue weighted by molar-refractivity contribution is 4.58. The first-order chi connectivity index (χ1) is 5.85. The minimum atomic E-state index is 0.771. The van der Waals surface area contributed by atoms with Crippen LogP contribution in [0.25, 0.3) is 0 Å². The fourth-order valence-corrected chi connectivity index (χ4v) is 1.17. The van der Waals surface area contributed by atoms with Crippen molar-refractivity contribution in [2.75, 3.05) is 39.8 Å². The van der Waals surface area contributed by atoms with E-state index in [4.69, 9.17) is 5.73 Å². The van der Waals surface area contributed by atoms with Crippen molar-refractivity contribution in [1.29, 1.82) is 0 Å². The van der Waals surface area contributed by atoms with Crippen LogP contribution in [0.2, 0.25) is 0 Å². The highest BCUT2D eigenvalue weighted by atomic mass is 15.1. The van der Waals surface area contributed by atoms with Gasteiger partial charge in [0.2, 0.25) is 0 Å². The topological polar surface area (TPSA) is 41.3 Å². The summed E-state index contributed by atoms with van der Waals surface area (Å²) in [5.74, 6) is 0. The Kier molecular flexibility index (Phi) is 8.88. The van der Waals surface area contributed by atoms with Gasteiger partial charge in [-0.1, -0.05) is 13.3 Å². The van der Waals surface area contributed by atoms with E-state index in [9.17, 15) is 0 Å². The summed E-state index contributed by atoms with van der Waals surface area (Å²) < 4.78 is 0. The van der Waals surface area contributed by atoms with Crippen LogP contribution >= 0.6 is 0 Å². The summed E-state index contributed by atoms with van der Waals surface area (Å²) >= 11 is 0. The molecule has 0 amide bonds. The van der Waals surface area contributed by atoms with Crippen molar-refractivity contribution >= 4 is 0 Å². The fourth-order valence-electron chi connectivity index (χ4n) is 1.17. The molecule has 3 heteroatoms. The van der Waals surface area contributed by atoms with Gasteiger partial charge in [-0.15, -0.1) is 0 Å². The Morgan fingerprint density at radius 1 is 1.25 bits per heavy atom. The Morgan fingerprint density at radius 3 is 2.50 bits per heavy atom. The third-order valence-electron chi connectivity index (χ3n) is 1.95. The van der Waals surface area contributed by atoms with Gasteiger partial charge in [-0.25, -0.2) is 0 Å². The maximum absolute atomic E-state index is 5.51.